The van der Waals surface area contributed by atoms with Crippen LogP contribution in [0.1, 0.15) is 46.5 Å². The van der Waals surface area contributed by atoms with Crippen LogP contribution in [-0.4, -0.2) is 43.1 Å². The molecule has 0 aromatic carbocycles. The monoisotopic (exact) mass is 278 g/mol. The van der Waals surface area contributed by atoms with E-state index in [1.807, 2.05) is 13.8 Å². The Balaban J connectivity index is 2.54. The molecule has 0 bridgehead atoms. The lowest BCUT2D eigenvalue weighted by Gasteiger charge is -2.35. The van der Waals surface area contributed by atoms with Crippen molar-refractivity contribution in [1.29, 1.82) is 0 Å². The Bertz CT molecular complexity index is 360. The largest absolute Gasteiger partial charge is 0.389 e. The van der Waals surface area contributed by atoms with E-state index in [-0.39, 0.29) is 12.6 Å². The molecule has 1 rings (SSSR count). The molecular formula is C12H26N2O3S. The molecule has 0 aromatic heterocycles. The molecule has 1 aliphatic carbocycles. The third kappa shape index (κ3) is 4.19. The Hall–Kier alpha value is -0.170. The molecule has 0 radical (unpaired) electrons. The van der Waals surface area contributed by atoms with Gasteiger partial charge in [0.2, 0.25) is 0 Å². The van der Waals surface area contributed by atoms with E-state index in [2.05, 4.69) is 11.6 Å². The number of nitrogens with zero attached hydrogens (tertiary/aromatic N) is 1. The Morgan fingerprint density at radius 3 is 2.33 bits per heavy atom. The molecule has 0 aromatic rings. The van der Waals surface area contributed by atoms with Crippen LogP contribution in [0.15, 0.2) is 0 Å². The number of rotatable bonds is 5. The molecule has 1 fully saturated rings. The van der Waals surface area contributed by atoms with Gasteiger partial charge in [0.1, 0.15) is 0 Å². The zero-order valence-corrected chi connectivity index (χ0v) is 12.6. The summed E-state index contributed by atoms with van der Waals surface area (Å²) in [7, 11) is -1.95. The van der Waals surface area contributed by atoms with Crippen molar-refractivity contribution in [3.63, 3.8) is 0 Å². The molecule has 108 valence electrons. The molecule has 0 unspecified atom stereocenters. The average molecular weight is 278 g/mol. The van der Waals surface area contributed by atoms with E-state index < -0.39 is 15.8 Å². The number of aliphatic hydroxyl groups is 1. The number of nitrogens with one attached hydrogen (secondary N) is 1. The summed E-state index contributed by atoms with van der Waals surface area (Å²) in [6.07, 6.45) is 3.25. The minimum absolute atomic E-state index is 0.0940. The first-order valence-corrected chi connectivity index (χ1v) is 8.05. The van der Waals surface area contributed by atoms with Gasteiger partial charge in [-0.1, -0.05) is 6.92 Å². The third-order valence-corrected chi connectivity index (χ3v) is 5.58. The Morgan fingerprint density at radius 1 is 1.39 bits per heavy atom. The maximum atomic E-state index is 11.9. The summed E-state index contributed by atoms with van der Waals surface area (Å²) in [4.78, 5) is 0. The van der Waals surface area contributed by atoms with Gasteiger partial charge in [-0.15, -0.1) is 0 Å². The highest BCUT2D eigenvalue weighted by Crippen LogP contribution is 2.31. The molecule has 0 amide bonds. The summed E-state index contributed by atoms with van der Waals surface area (Å²) in [6, 6.07) is -0.0940. The summed E-state index contributed by atoms with van der Waals surface area (Å²) in [5.41, 5.74) is -0.878. The second-order valence-corrected chi connectivity index (χ2v) is 7.66. The van der Waals surface area contributed by atoms with Gasteiger partial charge in [-0.3, -0.25) is 0 Å². The highest BCUT2D eigenvalue weighted by atomic mass is 32.2. The molecule has 6 heteroatoms. The van der Waals surface area contributed by atoms with Crippen LogP contribution < -0.4 is 4.72 Å². The zero-order chi connectivity index (χ0) is 14.0. The lowest BCUT2D eigenvalue weighted by molar-refractivity contribution is -0.00211. The van der Waals surface area contributed by atoms with Crippen molar-refractivity contribution < 1.29 is 13.5 Å². The summed E-state index contributed by atoms with van der Waals surface area (Å²) < 4.78 is 27.6. The van der Waals surface area contributed by atoms with Crippen LogP contribution in [0.3, 0.4) is 0 Å². The van der Waals surface area contributed by atoms with Crippen molar-refractivity contribution in [2.45, 2.75) is 58.1 Å². The van der Waals surface area contributed by atoms with E-state index in [0.717, 1.165) is 12.8 Å². The first kappa shape index (κ1) is 15.9. The smallest absolute Gasteiger partial charge is 0.279 e. The molecular weight excluding hydrogens is 252 g/mol. The van der Waals surface area contributed by atoms with Gasteiger partial charge in [0, 0.05) is 19.6 Å². The topological polar surface area (TPSA) is 69.6 Å². The van der Waals surface area contributed by atoms with E-state index in [9.17, 15) is 13.5 Å². The first-order chi connectivity index (χ1) is 8.16. The van der Waals surface area contributed by atoms with Crippen molar-refractivity contribution >= 4 is 10.2 Å². The standard InChI is InChI=1S/C12H26N2O3S/c1-10(2)14(4)18(16,17)13-9-12(15)7-5-11(3)6-8-12/h10-11,13,15H,5-9H2,1-4H3. The third-order valence-electron chi connectivity index (χ3n) is 3.89. The van der Waals surface area contributed by atoms with Crippen molar-refractivity contribution in [2.24, 2.45) is 5.92 Å². The zero-order valence-electron chi connectivity index (χ0n) is 11.8. The minimum atomic E-state index is -3.49. The predicted octanol–water partition coefficient (Wildman–Crippen LogP) is 1.10. The van der Waals surface area contributed by atoms with Crippen LogP contribution in [0.25, 0.3) is 0 Å². The average Bonchev–Trinajstić information content (AvgIpc) is 2.30. The fourth-order valence-corrected chi connectivity index (χ4v) is 3.29. The molecule has 18 heavy (non-hydrogen) atoms. The van der Waals surface area contributed by atoms with Gasteiger partial charge in [-0.2, -0.15) is 17.4 Å². The van der Waals surface area contributed by atoms with Crippen molar-refractivity contribution in [3.8, 4) is 0 Å². The highest BCUT2D eigenvalue weighted by Gasteiger charge is 2.33. The van der Waals surface area contributed by atoms with Gasteiger partial charge in [0.05, 0.1) is 5.60 Å². The Kier molecular flexibility index (Phi) is 5.17. The molecule has 0 atom stereocenters. The molecule has 0 spiro atoms. The second kappa shape index (κ2) is 5.86. The molecule has 1 aliphatic rings. The quantitative estimate of drug-likeness (QED) is 0.791. The number of hydrogen-bond donors (Lipinski definition) is 2. The van der Waals surface area contributed by atoms with Gasteiger partial charge < -0.3 is 5.11 Å². The second-order valence-electron chi connectivity index (χ2n) is 5.84. The van der Waals surface area contributed by atoms with Crippen LogP contribution in [0.5, 0.6) is 0 Å². The van der Waals surface area contributed by atoms with Crippen molar-refractivity contribution in [1.82, 2.24) is 9.03 Å². The fraction of sp³-hybridized carbons (Fsp3) is 1.00. The minimum Gasteiger partial charge on any atom is -0.389 e. The van der Waals surface area contributed by atoms with Crippen molar-refractivity contribution in [2.75, 3.05) is 13.6 Å². The summed E-state index contributed by atoms with van der Waals surface area (Å²) in [5.74, 6) is 0.625. The maximum absolute atomic E-state index is 11.9. The normalized spacial score (nSPS) is 30.1. The van der Waals surface area contributed by atoms with Gasteiger partial charge in [0.25, 0.3) is 10.2 Å². The van der Waals surface area contributed by atoms with Crippen LogP contribution in [0.2, 0.25) is 0 Å². The summed E-state index contributed by atoms with van der Waals surface area (Å²) in [6.45, 7) is 5.90. The van der Waals surface area contributed by atoms with Crippen LogP contribution in [-0.2, 0) is 10.2 Å². The van der Waals surface area contributed by atoms with E-state index in [1.165, 1.54) is 4.31 Å². The van der Waals surface area contributed by atoms with E-state index >= 15 is 0 Å². The van der Waals surface area contributed by atoms with Gasteiger partial charge >= 0.3 is 0 Å². The van der Waals surface area contributed by atoms with Crippen molar-refractivity contribution in [3.05, 3.63) is 0 Å². The fourth-order valence-electron chi connectivity index (χ4n) is 2.08. The van der Waals surface area contributed by atoms with Gasteiger partial charge in [-0.05, 0) is 45.4 Å². The SMILES string of the molecule is CC1CCC(O)(CNS(=O)(=O)N(C)C(C)C)CC1. The van der Waals surface area contributed by atoms with Crippen LogP contribution in [0.4, 0.5) is 0 Å². The maximum Gasteiger partial charge on any atom is 0.279 e. The van der Waals surface area contributed by atoms with Crippen LogP contribution >= 0.6 is 0 Å². The lowest BCUT2D eigenvalue weighted by Crippen LogP contribution is -2.49. The van der Waals surface area contributed by atoms with Gasteiger partial charge in [-0.25, -0.2) is 0 Å². The highest BCUT2D eigenvalue weighted by molar-refractivity contribution is 7.87. The molecule has 0 saturated heterocycles. The van der Waals surface area contributed by atoms with E-state index in [1.54, 1.807) is 7.05 Å². The lowest BCUT2D eigenvalue weighted by atomic mass is 9.80. The Labute approximate surface area is 111 Å². The number of hydrogen-bond acceptors (Lipinski definition) is 3. The van der Waals surface area contributed by atoms with E-state index in [0.29, 0.717) is 18.8 Å². The molecule has 0 heterocycles. The Morgan fingerprint density at radius 2 is 1.89 bits per heavy atom. The van der Waals surface area contributed by atoms with E-state index in [4.69, 9.17) is 0 Å². The van der Waals surface area contributed by atoms with Crippen LogP contribution in [0, 0.1) is 5.92 Å². The molecule has 0 aliphatic heterocycles. The molecule has 5 nitrogen and oxygen atoms in total. The summed E-state index contributed by atoms with van der Waals surface area (Å²) in [5, 5.41) is 10.3. The summed E-state index contributed by atoms with van der Waals surface area (Å²) >= 11 is 0. The molecule has 2 N–H and O–H groups in total. The molecule has 1 saturated carbocycles. The van der Waals surface area contributed by atoms with Gasteiger partial charge in [0.15, 0.2) is 0 Å². The predicted molar refractivity (Wildman–Crippen MR) is 72.4 cm³/mol. The first-order valence-electron chi connectivity index (χ1n) is 6.61.